The van der Waals surface area contributed by atoms with Crippen molar-refractivity contribution in [1.29, 1.82) is 0 Å². The summed E-state index contributed by atoms with van der Waals surface area (Å²) in [5.74, 6) is 3.14. The molecule has 0 aliphatic heterocycles. The van der Waals surface area contributed by atoms with Crippen molar-refractivity contribution in [1.82, 2.24) is 10.2 Å². The van der Waals surface area contributed by atoms with Crippen molar-refractivity contribution in [3.8, 4) is 23.0 Å². The van der Waals surface area contributed by atoms with Gasteiger partial charge in [0.05, 0.1) is 26.3 Å². The molecule has 1 N–H and O–H groups in total. The first-order chi connectivity index (χ1) is 11.2. The van der Waals surface area contributed by atoms with Crippen molar-refractivity contribution < 1.29 is 18.3 Å². The van der Waals surface area contributed by atoms with Crippen LogP contribution < -0.4 is 14.8 Å². The van der Waals surface area contributed by atoms with Crippen LogP contribution in [0.1, 0.15) is 11.5 Å². The van der Waals surface area contributed by atoms with Gasteiger partial charge in [0.25, 0.3) is 5.89 Å². The van der Waals surface area contributed by atoms with Crippen LogP contribution in [0, 0.1) is 6.92 Å². The third-order valence-electron chi connectivity index (χ3n) is 3.27. The fourth-order valence-electron chi connectivity index (χ4n) is 2.20. The average Bonchev–Trinajstić information content (AvgIpc) is 3.20. The minimum Gasteiger partial charge on any atom is -0.493 e. The first kappa shape index (κ1) is 15.0. The number of para-hydroxylation sites is 1. The number of aromatic nitrogens is 2. The molecule has 3 aromatic rings. The van der Waals surface area contributed by atoms with Crippen LogP contribution in [0.5, 0.6) is 11.5 Å². The van der Waals surface area contributed by atoms with E-state index in [0.29, 0.717) is 35.5 Å². The molecule has 0 spiro atoms. The van der Waals surface area contributed by atoms with E-state index in [2.05, 4.69) is 15.5 Å². The Balaban J connectivity index is 1.79. The molecule has 3 rings (SSSR count). The van der Waals surface area contributed by atoms with E-state index in [1.165, 1.54) is 0 Å². The van der Waals surface area contributed by atoms with Crippen molar-refractivity contribution in [2.75, 3.05) is 19.5 Å². The molecular weight excluding hydrogens is 298 g/mol. The van der Waals surface area contributed by atoms with E-state index < -0.39 is 0 Å². The van der Waals surface area contributed by atoms with Gasteiger partial charge in [0.1, 0.15) is 11.5 Å². The zero-order chi connectivity index (χ0) is 16.2. The standard InChI is InChI=1S/C16H17N3O4/c1-10-7-8-11(22-10)9-17-16-19-18-15(23-16)12-5-4-6-13(20-2)14(12)21-3/h4-8H,9H2,1-3H3,(H,17,19). The van der Waals surface area contributed by atoms with Gasteiger partial charge in [-0.05, 0) is 31.2 Å². The highest BCUT2D eigenvalue weighted by Gasteiger charge is 2.17. The molecule has 0 saturated heterocycles. The number of hydrogen-bond acceptors (Lipinski definition) is 7. The predicted octanol–water partition coefficient (Wildman–Crippen LogP) is 3.27. The lowest BCUT2D eigenvalue weighted by Crippen LogP contribution is -1.97. The number of anilines is 1. The molecule has 1 aromatic carbocycles. The molecule has 0 amide bonds. The van der Waals surface area contributed by atoms with E-state index in [9.17, 15) is 0 Å². The summed E-state index contributed by atoms with van der Waals surface area (Å²) in [5.41, 5.74) is 0.668. The van der Waals surface area contributed by atoms with Crippen LogP contribution >= 0.6 is 0 Å². The van der Waals surface area contributed by atoms with E-state index in [4.69, 9.17) is 18.3 Å². The highest BCUT2D eigenvalue weighted by molar-refractivity contribution is 5.67. The number of nitrogens with one attached hydrogen (secondary N) is 1. The Bertz CT molecular complexity index is 794. The van der Waals surface area contributed by atoms with Gasteiger partial charge in [0, 0.05) is 0 Å². The highest BCUT2D eigenvalue weighted by atomic mass is 16.5. The number of methoxy groups -OCH3 is 2. The SMILES string of the molecule is COc1cccc(-c2nnc(NCc3ccc(C)o3)o2)c1OC. The lowest BCUT2D eigenvalue weighted by atomic mass is 10.2. The quantitative estimate of drug-likeness (QED) is 0.747. The van der Waals surface area contributed by atoms with Crippen molar-refractivity contribution >= 4 is 6.01 Å². The average molecular weight is 315 g/mol. The Morgan fingerprint density at radius 1 is 1.04 bits per heavy atom. The number of rotatable bonds is 6. The Hall–Kier alpha value is -2.96. The summed E-state index contributed by atoms with van der Waals surface area (Å²) in [6.07, 6.45) is 0. The largest absolute Gasteiger partial charge is 0.493 e. The lowest BCUT2D eigenvalue weighted by molar-refractivity contribution is 0.355. The number of ether oxygens (including phenoxy) is 2. The second kappa shape index (κ2) is 6.43. The first-order valence-electron chi connectivity index (χ1n) is 7.05. The minimum atomic E-state index is 0.305. The Kier molecular flexibility index (Phi) is 4.18. The summed E-state index contributed by atoms with van der Waals surface area (Å²) in [6.45, 7) is 2.36. The van der Waals surface area contributed by atoms with Crippen LogP contribution in [0.3, 0.4) is 0 Å². The van der Waals surface area contributed by atoms with Crippen LogP contribution in [-0.2, 0) is 6.54 Å². The van der Waals surface area contributed by atoms with Crippen LogP contribution in [0.4, 0.5) is 6.01 Å². The van der Waals surface area contributed by atoms with E-state index >= 15 is 0 Å². The van der Waals surface area contributed by atoms with Crippen LogP contribution in [-0.4, -0.2) is 24.4 Å². The van der Waals surface area contributed by atoms with Crippen LogP contribution in [0.2, 0.25) is 0 Å². The monoisotopic (exact) mass is 315 g/mol. The molecule has 120 valence electrons. The summed E-state index contributed by atoms with van der Waals surface area (Å²) in [4.78, 5) is 0. The van der Waals surface area contributed by atoms with Crippen LogP contribution in [0.15, 0.2) is 39.2 Å². The highest BCUT2D eigenvalue weighted by Crippen LogP contribution is 2.37. The zero-order valence-electron chi connectivity index (χ0n) is 13.1. The molecule has 0 unspecified atom stereocenters. The Morgan fingerprint density at radius 2 is 1.91 bits per heavy atom. The summed E-state index contributed by atoms with van der Waals surface area (Å²) in [5, 5.41) is 11.0. The molecule has 23 heavy (non-hydrogen) atoms. The van der Waals surface area contributed by atoms with E-state index in [1.54, 1.807) is 20.3 Å². The Labute approximate surface area is 133 Å². The maximum absolute atomic E-state index is 5.63. The predicted molar refractivity (Wildman–Crippen MR) is 83.6 cm³/mol. The molecule has 0 fully saturated rings. The van der Waals surface area contributed by atoms with Gasteiger partial charge < -0.3 is 23.6 Å². The normalized spacial score (nSPS) is 10.6. The second-order valence-corrected chi connectivity index (χ2v) is 4.82. The molecule has 7 heteroatoms. The number of nitrogens with zero attached hydrogens (tertiary/aromatic N) is 2. The van der Waals surface area contributed by atoms with Gasteiger partial charge in [0.2, 0.25) is 0 Å². The number of aryl methyl sites for hydroxylation is 1. The maximum Gasteiger partial charge on any atom is 0.316 e. The van der Waals surface area contributed by atoms with E-state index in [1.807, 2.05) is 31.2 Å². The number of hydrogen-bond donors (Lipinski definition) is 1. The van der Waals surface area contributed by atoms with Gasteiger partial charge in [-0.3, -0.25) is 0 Å². The summed E-state index contributed by atoms with van der Waals surface area (Å²) in [7, 11) is 3.14. The molecule has 0 aliphatic rings. The second-order valence-electron chi connectivity index (χ2n) is 4.82. The maximum atomic E-state index is 5.63. The fraction of sp³-hybridized carbons (Fsp3) is 0.250. The summed E-state index contributed by atoms with van der Waals surface area (Å²) in [6, 6.07) is 9.56. The van der Waals surface area contributed by atoms with Gasteiger partial charge >= 0.3 is 6.01 Å². The molecule has 0 radical (unpaired) electrons. The Morgan fingerprint density at radius 3 is 2.61 bits per heavy atom. The molecule has 0 bridgehead atoms. The van der Waals surface area contributed by atoms with Gasteiger partial charge in [-0.2, -0.15) is 0 Å². The summed E-state index contributed by atoms with van der Waals surface area (Å²) >= 11 is 0. The van der Waals surface area contributed by atoms with Crippen molar-refractivity contribution in [2.24, 2.45) is 0 Å². The summed E-state index contributed by atoms with van der Waals surface area (Å²) < 4.78 is 21.7. The van der Waals surface area contributed by atoms with Crippen molar-refractivity contribution in [2.45, 2.75) is 13.5 Å². The molecule has 0 aliphatic carbocycles. The van der Waals surface area contributed by atoms with Crippen molar-refractivity contribution in [3.05, 3.63) is 41.9 Å². The molecule has 0 saturated carbocycles. The lowest BCUT2D eigenvalue weighted by Gasteiger charge is -2.09. The minimum absolute atomic E-state index is 0.305. The molecule has 2 heterocycles. The van der Waals surface area contributed by atoms with Gasteiger partial charge in [0.15, 0.2) is 11.5 Å². The van der Waals surface area contributed by atoms with Gasteiger partial charge in [-0.1, -0.05) is 11.2 Å². The van der Waals surface area contributed by atoms with Gasteiger partial charge in [-0.15, -0.1) is 5.10 Å². The molecule has 2 aromatic heterocycles. The third-order valence-corrected chi connectivity index (χ3v) is 3.27. The molecule has 7 nitrogen and oxygen atoms in total. The fourth-order valence-corrected chi connectivity index (χ4v) is 2.20. The van der Waals surface area contributed by atoms with E-state index in [0.717, 1.165) is 11.5 Å². The smallest absolute Gasteiger partial charge is 0.316 e. The van der Waals surface area contributed by atoms with Crippen LogP contribution in [0.25, 0.3) is 11.5 Å². The van der Waals surface area contributed by atoms with Crippen molar-refractivity contribution in [3.63, 3.8) is 0 Å². The van der Waals surface area contributed by atoms with Gasteiger partial charge in [-0.25, -0.2) is 0 Å². The number of furan rings is 1. The molecular formula is C16H17N3O4. The topological polar surface area (TPSA) is 82.6 Å². The van der Waals surface area contributed by atoms with E-state index in [-0.39, 0.29) is 0 Å². The zero-order valence-corrected chi connectivity index (χ0v) is 13.1. The first-order valence-corrected chi connectivity index (χ1v) is 7.05. The third kappa shape index (κ3) is 3.13. The molecule has 0 atom stereocenters. The number of benzene rings is 1.